The Hall–Kier alpha value is -3.02. The molecule has 0 fully saturated rings. The Bertz CT molecular complexity index is 1310. The van der Waals surface area contributed by atoms with Gasteiger partial charge in [-0.15, -0.1) is 5.11 Å². The summed E-state index contributed by atoms with van der Waals surface area (Å²) in [5.41, 5.74) is 10.4. The Kier molecular flexibility index (Phi) is 9.14. The largest absolute Gasteiger partial charge is 0.494 e. The number of aromatic nitrogens is 1. The van der Waals surface area contributed by atoms with E-state index in [0.29, 0.717) is 11.3 Å². The number of nitrogens with zero attached hydrogens (tertiary/aromatic N) is 3. The van der Waals surface area contributed by atoms with Crippen molar-refractivity contribution in [3.8, 4) is 5.88 Å². The Morgan fingerprint density at radius 1 is 1.24 bits per heavy atom. The molecule has 0 spiro atoms. The van der Waals surface area contributed by atoms with Crippen molar-refractivity contribution in [3.05, 3.63) is 45.2 Å². The molecule has 0 saturated carbocycles. The van der Waals surface area contributed by atoms with Gasteiger partial charge in [0.1, 0.15) is 5.56 Å². The van der Waals surface area contributed by atoms with Crippen molar-refractivity contribution in [1.82, 2.24) is 4.57 Å². The normalized spacial score (nSPS) is 12.8. The average molecular weight is 518 g/mol. The van der Waals surface area contributed by atoms with E-state index in [-0.39, 0.29) is 41.4 Å². The molecule has 0 aliphatic heterocycles. The van der Waals surface area contributed by atoms with Crippen LogP contribution < -0.4 is 17.0 Å². The number of pyridine rings is 1. The van der Waals surface area contributed by atoms with Gasteiger partial charge >= 0.3 is 10.4 Å². The van der Waals surface area contributed by atoms with Gasteiger partial charge in [0.2, 0.25) is 5.88 Å². The molecule has 1 unspecified atom stereocenters. The van der Waals surface area contributed by atoms with Crippen molar-refractivity contribution in [2.45, 2.75) is 25.3 Å². The van der Waals surface area contributed by atoms with Crippen molar-refractivity contribution in [2.75, 3.05) is 19.8 Å². The SMILES string of the molecule is Cc1cc(S(=O)OCCOS(=O)(=O)O)ccc1N=Nc1c(C)c(C(N)=O)c(O)n(CCN)c1=O. The lowest BCUT2D eigenvalue weighted by molar-refractivity contribution is 0.0995. The zero-order valence-corrected chi connectivity index (χ0v) is 19.8. The van der Waals surface area contributed by atoms with E-state index in [1.807, 2.05) is 0 Å². The van der Waals surface area contributed by atoms with Crippen molar-refractivity contribution < 1.29 is 35.4 Å². The van der Waals surface area contributed by atoms with Gasteiger partial charge in [0.15, 0.2) is 16.8 Å². The number of aryl methyl sites for hydroxylation is 1. The summed E-state index contributed by atoms with van der Waals surface area (Å²) in [6, 6.07) is 4.33. The van der Waals surface area contributed by atoms with Crippen LogP contribution in [0.5, 0.6) is 5.88 Å². The van der Waals surface area contributed by atoms with Crippen LogP contribution in [0.4, 0.5) is 11.4 Å². The number of rotatable bonds is 11. The predicted octanol–water partition coefficient (Wildman–Crippen LogP) is 0.502. The van der Waals surface area contributed by atoms with E-state index in [2.05, 4.69) is 14.4 Å². The third-order valence-corrected chi connectivity index (χ3v) is 5.86. The molecular weight excluding hydrogens is 494 g/mol. The minimum Gasteiger partial charge on any atom is -0.494 e. The molecule has 0 aliphatic rings. The van der Waals surface area contributed by atoms with Gasteiger partial charge in [0, 0.05) is 18.7 Å². The lowest BCUT2D eigenvalue weighted by Crippen LogP contribution is -2.28. The minimum absolute atomic E-state index is 0.00697. The molecule has 6 N–H and O–H groups in total. The van der Waals surface area contributed by atoms with Crippen LogP contribution in [0.2, 0.25) is 0 Å². The first-order valence-corrected chi connectivity index (χ1v) is 12.0. The van der Waals surface area contributed by atoms with Crippen molar-refractivity contribution in [2.24, 2.45) is 21.7 Å². The van der Waals surface area contributed by atoms with Crippen molar-refractivity contribution in [1.29, 1.82) is 0 Å². The molecule has 2 rings (SSSR count). The standard InChI is InChI=1S/C18H23N5O9S2/c1-10-9-12(33(27)31-7-8-32-34(28,29)30)3-4-13(10)21-22-15-11(2)14(16(20)24)17(25)23(6-5-19)18(15)26/h3-4,9,25H,5-8,19H2,1-2H3,(H2,20,24)(H,28,29,30). The van der Waals surface area contributed by atoms with Gasteiger partial charge < -0.3 is 16.6 Å². The Morgan fingerprint density at radius 2 is 1.91 bits per heavy atom. The Balaban J connectivity index is 2.30. The summed E-state index contributed by atoms with van der Waals surface area (Å²) in [4.78, 5) is 24.7. The Morgan fingerprint density at radius 3 is 2.47 bits per heavy atom. The van der Waals surface area contributed by atoms with E-state index >= 15 is 0 Å². The molecule has 1 heterocycles. The first kappa shape index (κ1) is 27.2. The van der Waals surface area contributed by atoms with Gasteiger partial charge in [0.05, 0.1) is 23.8 Å². The van der Waals surface area contributed by atoms with E-state index in [1.165, 1.54) is 25.1 Å². The maximum absolute atomic E-state index is 12.7. The number of nitrogens with two attached hydrogens (primary N) is 2. The average Bonchev–Trinajstić information content (AvgIpc) is 2.74. The van der Waals surface area contributed by atoms with Gasteiger partial charge in [-0.05, 0) is 37.6 Å². The number of carbonyl (C=O) groups is 1. The van der Waals surface area contributed by atoms with Gasteiger partial charge in [-0.3, -0.25) is 22.9 Å². The highest BCUT2D eigenvalue weighted by Crippen LogP contribution is 2.28. The second-order valence-corrected chi connectivity index (χ2v) is 9.00. The summed E-state index contributed by atoms with van der Waals surface area (Å²) >= 11 is -1.97. The summed E-state index contributed by atoms with van der Waals surface area (Å²) in [6.45, 7) is 2.04. The Labute approximate surface area is 196 Å². The predicted molar refractivity (Wildman–Crippen MR) is 120 cm³/mol. The molecule has 0 aliphatic carbocycles. The van der Waals surface area contributed by atoms with E-state index < -0.39 is 45.4 Å². The smallest absolute Gasteiger partial charge is 0.397 e. The molecule has 0 saturated heterocycles. The fraction of sp³-hybridized carbons (Fsp3) is 0.333. The van der Waals surface area contributed by atoms with E-state index in [0.717, 1.165) is 4.57 Å². The third-order valence-electron chi connectivity index (χ3n) is 4.38. The molecule has 34 heavy (non-hydrogen) atoms. The number of azo groups is 1. The number of benzene rings is 1. The van der Waals surface area contributed by atoms with Crippen LogP contribution in [-0.2, 0) is 36.4 Å². The molecule has 1 atom stereocenters. The second-order valence-electron chi connectivity index (χ2n) is 6.74. The molecule has 186 valence electrons. The number of hydrogen-bond acceptors (Lipinski definition) is 11. The maximum Gasteiger partial charge on any atom is 0.397 e. The van der Waals surface area contributed by atoms with Crippen LogP contribution in [0.1, 0.15) is 21.5 Å². The fourth-order valence-electron chi connectivity index (χ4n) is 2.82. The third kappa shape index (κ3) is 6.75. The number of aromatic hydroxyl groups is 1. The summed E-state index contributed by atoms with van der Waals surface area (Å²) < 4.78 is 51.5. The number of amides is 1. The summed E-state index contributed by atoms with van der Waals surface area (Å²) in [7, 11) is -4.62. The topological polar surface area (TPSA) is 226 Å². The minimum atomic E-state index is -4.62. The zero-order chi connectivity index (χ0) is 25.6. The molecule has 1 aromatic heterocycles. The van der Waals surface area contributed by atoms with E-state index in [9.17, 15) is 27.3 Å². The molecule has 1 amide bonds. The van der Waals surface area contributed by atoms with Crippen LogP contribution in [0.3, 0.4) is 0 Å². The number of carbonyl (C=O) groups excluding carboxylic acids is 1. The number of primary amides is 1. The van der Waals surface area contributed by atoms with Crippen molar-refractivity contribution in [3.63, 3.8) is 0 Å². The number of hydrogen-bond donors (Lipinski definition) is 4. The van der Waals surface area contributed by atoms with Gasteiger partial charge in [0.25, 0.3) is 11.5 Å². The van der Waals surface area contributed by atoms with E-state index in [1.54, 1.807) is 6.92 Å². The zero-order valence-electron chi connectivity index (χ0n) is 18.1. The van der Waals surface area contributed by atoms with Gasteiger partial charge in [-0.1, -0.05) is 0 Å². The van der Waals surface area contributed by atoms with Crippen LogP contribution in [-0.4, -0.2) is 52.5 Å². The fourth-order valence-corrected chi connectivity index (χ4v) is 3.91. The summed E-state index contributed by atoms with van der Waals surface area (Å²) in [5, 5.41) is 18.2. The first-order valence-electron chi connectivity index (χ1n) is 9.52. The van der Waals surface area contributed by atoms with Crippen LogP contribution in [0.15, 0.2) is 38.1 Å². The molecule has 2 aromatic rings. The highest BCUT2D eigenvalue weighted by Gasteiger charge is 2.22. The quantitative estimate of drug-likeness (QED) is 0.183. The maximum atomic E-state index is 12.7. The highest BCUT2D eigenvalue weighted by molar-refractivity contribution is 7.81. The molecule has 0 radical (unpaired) electrons. The summed E-state index contributed by atoms with van der Waals surface area (Å²) in [5.74, 6) is -1.56. The monoisotopic (exact) mass is 517 g/mol. The molecule has 1 aromatic carbocycles. The lowest BCUT2D eigenvalue weighted by Gasteiger charge is -2.13. The summed E-state index contributed by atoms with van der Waals surface area (Å²) in [6.07, 6.45) is 0. The van der Waals surface area contributed by atoms with Crippen LogP contribution in [0, 0.1) is 13.8 Å². The van der Waals surface area contributed by atoms with E-state index in [4.69, 9.17) is 20.2 Å². The van der Waals surface area contributed by atoms with Gasteiger partial charge in [-0.25, -0.2) is 8.39 Å². The van der Waals surface area contributed by atoms with Gasteiger partial charge in [-0.2, -0.15) is 13.5 Å². The molecule has 16 heteroatoms. The molecule has 14 nitrogen and oxygen atoms in total. The van der Waals surface area contributed by atoms with Crippen molar-refractivity contribution >= 4 is 38.8 Å². The lowest BCUT2D eigenvalue weighted by atomic mass is 10.1. The first-order chi connectivity index (χ1) is 15.9. The molecule has 0 bridgehead atoms. The molecular formula is C18H23N5O9S2. The van der Waals surface area contributed by atoms with Crippen LogP contribution in [0.25, 0.3) is 0 Å². The van der Waals surface area contributed by atoms with Crippen LogP contribution >= 0.6 is 0 Å². The second kappa shape index (κ2) is 11.4. The highest BCUT2D eigenvalue weighted by atomic mass is 32.3.